The van der Waals surface area contributed by atoms with Gasteiger partial charge in [0.25, 0.3) is 0 Å². The third kappa shape index (κ3) is 4.12. The second kappa shape index (κ2) is 6.05. The third-order valence-corrected chi connectivity index (χ3v) is 4.26. The molecule has 0 saturated carbocycles. The maximum Gasteiger partial charge on any atom is 0.227 e. The van der Waals surface area contributed by atoms with E-state index >= 15 is 0 Å². The molecule has 0 spiro atoms. The van der Waals surface area contributed by atoms with Gasteiger partial charge < -0.3 is 5.73 Å². The van der Waals surface area contributed by atoms with Crippen molar-refractivity contribution in [2.75, 3.05) is 11.5 Å². The number of hydrogen-bond donors (Lipinski definition) is 1. The topological polar surface area (TPSA) is 68.9 Å². The highest BCUT2D eigenvalue weighted by Gasteiger charge is 2.05. The van der Waals surface area contributed by atoms with Gasteiger partial charge in [0.1, 0.15) is 0 Å². The van der Waals surface area contributed by atoms with Gasteiger partial charge in [0, 0.05) is 5.75 Å². The Labute approximate surface area is 94.4 Å². The Bertz CT molecular complexity index is 326. The van der Waals surface area contributed by atoms with Crippen molar-refractivity contribution in [3.63, 3.8) is 0 Å². The van der Waals surface area contributed by atoms with E-state index in [1.165, 1.54) is 23.1 Å². The van der Waals surface area contributed by atoms with E-state index in [9.17, 15) is 4.79 Å². The molecule has 0 atom stereocenters. The minimum Gasteiger partial charge on any atom is -0.369 e. The van der Waals surface area contributed by atoms with Crippen LogP contribution in [0.4, 0.5) is 0 Å². The van der Waals surface area contributed by atoms with Crippen LogP contribution in [0.1, 0.15) is 0 Å². The van der Waals surface area contributed by atoms with Crippen LogP contribution in [0.25, 0.3) is 0 Å². The van der Waals surface area contributed by atoms with Gasteiger partial charge in [0.2, 0.25) is 5.91 Å². The minimum atomic E-state index is -0.342. The van der Waals surface area contributed by atoms with Gasteiger partial charge in [0.05, 0.1) is 5.75 Å². The summed E-state index contributed by atoms with van der Waals surface area (Å²) < 4.78 is 1.66. The van der Waals surface area contributed by atoms with Gasteiger partial charge in [-0.2, -0.15) is 0 Å². The van der Waals surface area contributed by atoms with Crippen LogP contribution in [0.15, 0.2) is 21.3 Å². The molecule has 1 aromatic heterocycles. The zero-order chi connectivity index (χ0) is 10.4. The van der Waals surface area contributed by atoms with Crippen molar-refractivity contribution in [3.05, 3.63) is 12.7 Å². The predicted molar refractivity (Wildman–Crippen MR) is 60.7 cm³/mol. The van der Waals surface area contributed by atoms with E-state index in [0.717, 1.165) is 14.4 Å². The minimum absolute atomic E-state index is 0.251. The van der Waals surface area contributed by atoms with Crippen molar-refractivity contribution in [2.45, 2.75) is 8.68 Å². The van der Waals surface area contributed by atoms with Gasteiger partial charge in [-0.05, 0) is 0 Å². The quantitative estimate of drug-likeness (QED) is 0.608. The molecule has 7 heteroatoms. The van der Waals surface area contributed by atoms with Crippen molar-refractivity contribution in [3.8, 4) is 0 Å². The van der Waals surface area contributed by atoms with Gasteiger partial charge in [-0.15, -0.1) is 16.8 Å². The molecule has 0 saturated heterocycles. The first-order chi connectivity index (χ1) is 6.72. The van der Waals surface area contributed by atoms with E-state index in [-0.39, 0.29) is 11.7 Å². The van der Waals surface area contributed by atoms with Gasteiger partial charge in [0.15, 0.2) is 8.68 Å². The van der Waals surface area contributed by atoms with E-state index in [4.69, 9.17) is 5.73 Å². The van der Waals surface area contributed by atoms with Crippen molar-refractivity contribution in [2.24, 2.45) is 5.73 Å². The van der Waals surface area contributed by atoms with Gasteiger partial charge in [-0.1, -0.05) is 40.9 Å². The number of primary amides is 1. The van der Waals surface area contributed by atoms with E-state index in [0.29, 0.717) is 0 Å². The first-order valence-corrected chi connectivity index (χ1v) is 6.49. The van der Waals surface area contributed by atoms with Gasteiger partial charge >= 0.3 is 0 Å². The van der Waals surface area contributed by atoms with Crippen LogP contribution < -0.4 is 5.73 Å². The van der Waals surface area contributed by atoms with Crippen LogP contribution in [-0.2, 0) is 4.79 Å². The molecule has 1 amide bonds. The largest absolute Gasteiger partial charge is 0.369 e. The fraction of sp³-hybridized carbons (Fsp3) is 0.286. The fourth-order valence-corrected chi connectivity index (χ4v) is 3.10. The van der Waals surface area contributed by atoms with Gasteiger partial charge in [-0.25, -0.2) is 0 Å². The van der Waals surface area contributed by atoms with Gasteiger partial charge in [-0.3, -0.25) is 4.79 Å². The van der Waals surface area contributed by atoms with E-state index in [2.05, 4.69) is 16.8 Å². The Hall–Kier alpha value is -0.530. The molecule has 0 aliphatic carbocycles. The molecule has 0 aromatic carbocycles. The summed E-state index contributed by atoms with van der Waals surface area (Å²) in [4.78, 5) is 10.5. The lowest BCUT2D eigenvalue weighted by Gasteiger charge is -1.89. The smallest absolute Gasteiger partial charge is 0.227 e. The zero-order valence-electron chi connectivity index (χ0n) is 7.30. The van der Waals surface area contributed by atoms with E-state index < -0.39 is 0 Å². The Morgan fingerprint density at radius 2 is 2.14 bits per heavy atom. The maximum absolute atomic E-state index is 10.5. The number of nitrogens with two attached hydrogens (primary N) is 1. The number of carbonyl (C=O) groups is 1. The monoisotopic (exact) mass is 247 g/mol. The second-order valence-electron chi connectivity index (χ2n) is 2.19. The summed E-state index contributed by atoms with van der Waals surface area (Å²) in [7, 11) is 0. The van der Waals surface area contributed by atoms with Crippen molar-refractivity contribution in [1.82, 2.24) is 10.2 Å². The van der Waals surface area contributed by atoms with Crippen LogP contribution in [0.2, 0.25) is 0 Å². The molecule has 0 fully saturated rings. The van der Waals surface area contributed by atoms with Crippen molar-refractivity contribution < 1.29 is 4.79 Å². The molecule has 1 heterocycles. The molecule has 0 aliphatic heterocycles. The first kappa shape index (κ1) is 11.5. The SMILES string of the molecule is C=CCSc1nnc(SCC(N)=O)s1. The zero-order valence-corrected chi connectivity index (χ0v) is 9.75. The van der Waals surface area contributed by atoms with E-state index in [1.54, 1.807) is 11.8 Å². The Morgan fingerprint density at radius 1 is 1.50 bits per heavy atom. The molecule has 2 N–H and O–H groups in total. The molecule has 1 rings (SSSR count). The van der Waals surface area contributed by atoms with Crippen molar-refractivity contribution in [1.29, 1.82) is 0 Å². The van der Waals surface area contributed by atoms with Crippen molar-refractivity contribution >= 4 is 40.8 Å². The lowest BCUT2D eigenvalue weighted by atomic mass is 10.8. The lowest BCUT2D eigenvalue weighted by Crippen LogP contribution is -2.12. The summed E-state index contributed by atoms with van der Waals surface area (Å²) in [5.41, 5.74) is 5.01. The fourth-order valence-electron chi connectivity index (χ4n) is 0.577. The summed E-state index contributed by atoms with van der Waals surface area (Å²) >= 11 is 4.35. The van der Waals surface area contributed by atoms with Crippen LogP contribution in [-0.4, -0.2) is 27.6 Å². The average molecular weight is 247 g/mol. The number of rotatable bonds is 6. The molecule has 14 heavy (non-hydrogen) atoms. The summed E-state index contributed by atoms with van der Waals surface area (Å²) in [5, 5.41) is 7.85. The molecule has 0 bridgehead atoms. The average Bonchev–Trinajstić information content (AvgIpc) is 2.59. The Morgan fingerprint density at radius 3 is 2.71 bits per heavy atom. The Balaban J connectivity index is 2.42. The van der Waals surface area contributed by atoms with E-state index in [1.807, 2.05) is 6.08 Å². The molecule has 0 aliphatic rings. The van der Waals surface area contributed by atoms with Crippen LogP contribution >= 0.6 is 34.9 Å². The highest BCUT2D eigenvalue weighted by atomic mass is 32.2. The van der Waals surface area contributed by atoms with Crippen LogP contribution in [0.5, 0.6) is 0 Å². The highest BCUT2D eigenvalue weighted by molar-refractivity contribution is 8.03. The maximum atomic E-state index is 10.5. The molecule has 1 aromatic rings. The molecule has 0 radical (unpaired) electrons. The standard InChI is InChI=1S/C7H9N3OS3/c1-2-3-12-6-9-10-7(14-6)13-4-5(8)11/h2H,1,3-4H2,(H2,8,11). The summed E-state index contributed by atoms with van der Waals surface area (Å²) in [5.74, 6) is 0.723. The molecule has 4 nitrogen and oxygen atoms in total. The molecule has 76 valence electrons. The molecular weight excluding hydrogens is 238 g/mol. The number of aromatic nitrogens is 2. The van der Waals surface area contributed by atoms with Crippen LogP contribution in [0, 0.1) is 0 Å². The molecule has 0 unspecified atom stereocenters. The summed E-state index contributed by atoms with van der Waals surface area (Å²) in [6.45, 7) is 3.61. The number of nitrogens with zero attached hydrogens (tertiary/aromatic N) is 2. The summed E-state index contributed by atoms with van der Waals surface area (Å²) in [6, 6.07) is 0. The van der Waals surface area contributed by atoms with Crippen LogP contribution in [0.3, 0.4) is 0 Å². The number of carbonyl (C=O) groups excluding carboxylic acids is 1. The number of thioether (sulfide) groups is 2. The number of hydrogen-bond acceptors (Lipinski definition) is 6. The first-order valence-electron chi connectivity index (χ1n) is 3.70. The predicted octanol–water partition coefficient (Wildman–Crippen LogP) is 1.39. The highest BCUT2D eigenvalue weighted by Crippen LogP contribution is 2.28. The Kier molecular flexibility index (Phi) is 4.99. The summed E-state index contributed by atoms with van der Waals surface area (Å²) in [6.07, 6.45) is 1.81. The number of amides is 1. The molecular formula is C7H9N3OS3. The normalized spacial score (nSPS) is 10.0. The lowest BCUT2D eigenvalue weighted by molar-refractivity contribution is -0.115. The second-order valence-corrected chi connectivity index (χ2v) is 5.66. The third-order valence-electron chi connectivity index (χ3n) is 1.05.